The topological polar surface area (TPSA) is 177 Å². The first-order valence-electron chi connectivity index (χ1n) is 11.6. The minimum Gasteiger partial charge on any atom is -0.508 e. The van der Waals surface area contributed by atoms with Crippen molar-refractivity contribution in [2.24, 2.45) is 0 Å². The molecular formula is C23H25N5O8S2. The summed E-state index contributed by atoms with van der Waals surface area (Å²) in [5.41, 5.74) is 0.567. The van der Waals surface area contributed by atoms with E-state index in [1.54, 1.807) is 6.92 Å². The zero-order chi connectivity index (χ0) is 27.7. The Hall–Kier alpha value is -3.72. The van der Waals surface area contributed by atoms with Crippen LogP contribution < -0.4 is 10.6 Å². The van der Waals surface area contributed by atoms with Gasteiger partial charge in [0.05, 0.1) is 0 Å². The molecule has 0 aliphatic carbocycles. The lowest BCUT2D eigenvalue weighted by atomic mass is 10.0. The number of likely N-dealkylation sites (N-methyl/N-ethyl adjacent to an activating group) is 1. The van der Waals surface area contributed by atoms with Crippen molar-refractivity contribution in [1.29, 1.82) is 0 Å². The molecular weight excluding hydrogens is 538 g/mol. The number of nitrogens with zero attached hydrogens (tertiary/aromatic N) is 3. The van der Waals surface area contributed by atoms with Gasteiger partial charge in [-0.05, 0) is 30.2 Å². The summed E-state index contributed by atoms with van der Waals surface area (Å²) in [4.78, 5) is 78.8. The highest BCUT2D eigenvalue weighted by molar-refractivity contribution is 8.00. The van der Waals surface area contributed by atoms with Crippen LogP contribution in [0, 0.1) is 0 Å². The van der Waals surface area contributed by atoms with Gasteiger partial charge in [0.15, 0.2) is 0 Å². The van der Waals surface area contributed by atoms with Gasteiger partial charge in [-0.3, -0.25) is 29.0 Å². The molecule has 0 radical (unpaired) electrons. The van der Waals surface area contributed by atoms with Crippen LogP contribution in [0.2, 0.25) is 0 Å². The number of aliphatic carboxylic acids is 1. The smallest absolute Gasteiger partial charge is 0.352 e. The molecule has 3 aliphatic rings. The van der Waals surface area contributed by atoms with E-state index in [4.69, 9.17) is 0 Å². The predicted octanol–water partition coefficient (Wildman–Crippen LogP) is -0.498. The average Bonchev–Trinajstić information content (AvgIpc) is 2.91. The Kier molecular flexibility index (Phi) is 7.87. The summed E-state index contributed by atoms with van der Waals surface area (Å²) in [5.74, 6) is -4.18. The van der Waals surface area contributed by atoms with Crippen LogP contribution in [0.15, 0.2) is 35.5 Å². The minimum absolute atomic E-state index is 0.0687. The second-order valence-electron chi connectivity index (χ2n) is 8.63. The van der Waals surface area contributed by atoms with Crippen molar-refractivity contribution in [3.05, 3.63) is 41.1 Å². The zero-order valence-electron chi connectivity index (χ0n) is 20.1. The Morgan fingerprint density at radius 3 is 2.42 bits per heavy atom. The molecule has 0 saturated carbocycles. The summed E-state index contributed by atoms with van der Waals surface area (Å²) in [6.07, 6.45) is 0. The fourth-order valence-electron chi connectivity index (χ4n) is 4.38. The molecule has 0 unspecified atom stereocenters. The van der Waals surface area contributed by atoms with E-state index in [9.17, 15) is 39.0 Å². The summed E-state index contributed by atoms with van der Waals surface area (Å²) in [6.45, 7) is 2.08. The van der Waals surface area contributed by atoms with Crippen LogP contribution in [-0.2, 0) is 24.0 Å². The first-order chi connectivity index (χ1) is 18.1. The monoisotopic (exact) mass is 563 g/mol. The molecule has 13 nitrogen and oxygen atoms in total. The second kappa shape index (κ2) is 10.9. The summed E-state index contributed by atoms with van der Waals surface area (Å²) < 4.78 is 0. The number of thiol groups is 1. The molecule has 38 heavy (non-hydrogen) atoms. The maximum absolute atomic E-state index is 13.4. The van der Waals surface area contributed by atoms with Crippen LogP contribution in [0.5, 0.6) is 5.75 Å². The summed E-state index contributed by atoms with van der Waals surface area (Å²) in [7, 11) is 0. The summed E-state index contributed by atoms with van der Waals surface area (Å²) in [5, 5.41) is 23.6. The molecule has 4 rings (SSSR count). The van der Waals surface area contributed by atoms with Crippen LogP contribution in [0.4, 0.5) is 4.79 Å². The lowest BCUT2D eigenvalue weighted by molar-refractivity contribution is -0.153. The number of aromatic hydroxyl groups is 1. The van der Waals surface area contributed by atoms with Crippen LogP contribution >= 0.6 is 24.4 Å². The number of hydrogen-bond acceptors (Lipinski definition) is 9. The Morgan fingerprint density at radius 1 is 1.13 bits per heavy atom. The van der Waals surface area contributed by atoms with Gasteiger partial charge in [-0.25, -0.2) is 9.59 Å². The van der Waals surface area contributed by atoms with Crippen LogP contribution in [0.1, 0.15) is 18.5 Å². The Balaban J connectivity index is 1.53. The predicted molar refractivity (Wildman–Crippen MR) is 137 cm³/mol. The fourth-order valence-corrected chi connectivity index (χ4v) is 6.14. The number of amides is 6. The van der Waals surface area contributed by atoms with Crippen molar-refractivity contribution in [3.8, 4) is 5.75 Å². The number of imide groups is 1. The fraction of sp³-hybridized carbons (Fsp3) is 0.391. The van der Waals surface area contributed by atoms with Crippen molar-refractivity contribution < 1.29 is 39.0 Å². The van der Waals surface area contributed by atoms with E-state index < -0.39 is 53.1 Å². The number of benzene rings is 1. The van der Waals surface area contributed by atoms with E-state index in [0.29, 0.717) is 22.8 Å². The van der Waals surface area contributed by atoms with Gasteiger partial charge < -0.3 is 25.7 Å². The summed E-state index contributed by atoms with van der Waals surface area (Å²) >= 11 is 5.41. The van der Waals surface area contributed by atoms with Crippen LogP contribution in [0.25, 0.3) is 0 Å². The molecule has 0 spiro atoms. The molecule has 1 aromatic carbocycles. The first-order valence-corrected chi connectivity index (χ1v) is 13.3. The molecule has 2 fully saturated rings. The molecule has 0 aromatic heterocycles. The van der Waals surface area contributed by atoms with E-state index in [1.807, 2.05) is 0 Å². The molecule has 1 aromatic rings. The Labute approximate surface area is 226 Å². The number of β-lactam (4-membered cyclic amide) rings is 1. The number of rotatable bonds is 7. The number of nitrogens with one attached hydrogen (secondary N) is 2. The zero-order valence-corrected chi connectivity index (χ0v) is 21.8. The highest BCUT2D eigenvalue weighted by atomic mass is 32.2. The molecule has 2 saturated heterocycles. The molecule has 6 amide bonds. The van der Waals surface area contributed by atoms with Crippen LogP contribution in [-0.4, -0.2) is 103 Å². The third-order valence-electron chi connectivity index (χ3n) is 6.43. The standard InChI is InChI=1S/C23H25N5O8S2/c1-2-26-7-8-27(20(33)19(26)32)23(36)25-14(11-3-5-13(29)6-4-11)17(30)24-15-18(31)28-16(22(34)35)12(9-37)10-38-21(15)28/h3-6,14-15,21,29,37H,2,7-10H2,1H3,(H,24,30)(H,25,36)(H,34,35)/t14-,15-,21-/m1/s1. The van der Waals surface area contributed by atoms with Gasteiger partial charge >= 0.3 is 23.8 Å². The molecule has 15 heteroatoms. The quantitative estimate of drug-likeness (QED) is 0.166. The van der Waals surface area contributed by atoms with Crippen LogP contribution in [0.3, 0.4) is 0 Å². The molecule has 202 valence electrons. The first kappa shape index (κ1) is 27.3. The summed E-state index contributed by atoms with van der Waals surface area (Å²) in [6, 6.07) is 1.94. The van der Waals surface area contributed by atoms with Gasteiger partial charge in [-0.1, -0.05) is 12.1 Å². The van der Waals surface area contributed by atoms with Gasteiger partial charge in [-0.15, -0.1) is 11.8 Å². The highest BCUT2D eigenvalue weighted by Crippen LogP contribution is 2.40. The molecule has 3 heterocycles. The number of carbonyl (C=O) groups excluding carboxylic acids is 5. The van der Waals surface area contributed by atoms with Gasteiger partial charge in [0, 0.05) is 31.1 Å². The van der Waals surface area contributed by atoms with Gasteiger partial charge in [0.2, 0.25) is 5.91 Å². The van der Waals surface area contributed by atoms with E-state index in [-0.39, 0.29) is 35.9 Å². The number of fused-ring (bicyclic) bond motifs is 1. The van der Waals surface area contributed by atoms with E-state index in [1.165, 1.54) is 40.9 Å². The molecule has 4 N–H and O–H groups in total. The number of thioether (sulfide) groups is 1. The SMILES string of the molecule is CCN1CCN(C(=O)N[C@@H](C(=O)N[C@@H]2C(=O)N3C(C(=O)O)=C(CS)CS[C@H]23)c2ccc(O)cc2)C(=O)C1=O. The van der Waals surface area contributed by atoms with Gasteiger partial charge in [0.25, 0.3) is 5.91 Å². The maximum Gasteiger partial charge on any atom is 0.352 e. The highest BCUT2D eigenvalue weighted by Gasteiger charge is 2.54. The van der Waals surface area contributed by atoms with Crippen molar-refractivity contribution in [3.63, 3.8) is 0 Å². The number of carboxylic acids is 1. The molecule has 3 atom stereocenters. The van der Waals surface area contributed by atoms with Crippen molar-refractivity contribution in [1.82, 2.24) is 25.3 Å². The third kappa shape index (κ3) is 4.90. The lowest BCUT2D eigenvalue weighted by Gasteiger charge is -2.49. The van der Waals surface area contributed by atoms with Gasteiger partial charge in [-0.2, -0.15) is 12.6 Å². The number of carbonyl (C=O) groups is 6. The number of phenols is 1. The third-order valence-corrected chi connectivity index (χ3v) is 8.15. The normalized spacial score (nSPS) is 22.1. The van der Waals surface area contributed by atoms with E-state index in [0.717, 1.165) is 4.90 Å². The van der Waals surface area contributed by atoms with Crippen molar-refractivity contribution >= 4 is 60.0 Å². The maximum atomic E-state index is 13.4. The Bertz CT molecular complexity index is 1240. The lowest BCUT2D eigenvalue weighted by Crippen LogP contribution is -2.71. The number of urea groups is 1. The number of phenolic OH excluding ortho intramolecular Hbond substituents is 1. The van der Waals surface area contributed by atoms with E-state index >= 15 is 0 Å². The van der Waals surface area contributed by atoms with Crippen molar-refractivity contribution in [2.75, 3.05) is 31.1 Å². The van der Waals surface area contributed by atoms with Crippen molar-refractivity contribution in [2.45, 2.75) is 24.4 Å². The number of hydrogen-bond donors (Lipinski definition) is 5. The molecule has 0 bridgehead atoms. The minimum atomic E-state index is -1.40. The number of carboxylic acid groups (broad SMARTS) is 1. The van der Waals surface area contributed by atoms with Gasteiger partial charge in [0.1, 0.15) is 28.9 Å². The van der Waals surface area contributed by atoms with E-state index in [2.05, 4.69) is 23.3 Å². The largest absolute Gasteiger partial charge is 0.508 e. The number of piperazine rings is 1. The second-order valence-corrected chi connectivity index (χ2v) is 10.0. The Morgan fingerprint density at radius 2 is 1.82 bits per heavy atom. The average molecular weight is 564 g/mol. The molecule has 3 aliphatic heterocycles.